The van der Waals surface area contributed by atoms with E-state index in [0.717, 1.165) is 10.3 Å². The highest BCUT2D eigenvalue weighted by molar-refractivity contribution is 9.11. The second-order valence-electron chi connectivity index (χ2n) is 3.15. The molecule has 1 atom stereocenters. The molecule has 3 nitrogen and oxygen atoms in total. The molecular weight excluding hydrogens is 278 g/mol. The van der Waals surface area contributed by atoms with E-state index in [2.05, 4.69) is 40.3 Å². The van der Waals surface area contributed by atoms with Crippen molar-refractivity contribution in [3.05, 3.63) is 20.8 Å². The fourth-order valence-corrected chi connectivity index (χ4v) is 2.63. The van der Waals surface area contributed by atoms with Gasteiger partial charge in [0.2, 0.25) is 0 Å². The average molecular weight is 294 g/mol. The van der Waals surface area contributed by atoms with Crippen molar-refractivity contribution >= 4 is 27.3 Å². The topological polar surface area (TPSA) is 41.5 Å². The van der Waals surface area contributed by atoms with Crippen molar-refractivity contribution < 1.29 is 9.84 Å². The molecule has 1 rings (SSSR count). The minimum Gasteiger partial charge on any atom is -0.394 e. The zero-order chi connectivity index (χ0) is 11.1. The second-order valence-corrected chi connectivity index (χ2v) is 5.65. The first kappa shape index (κ1) is 13.1. The van der Waals surface area contributed by atoms with Gasteiger partial charge in [0, 0.05) is 17.5 Å². The number of thiophene rings is 1. The van der Waals surface area contributed by atoms with E-state index in [9.17, 15) is 0 Å². The molecule has 0 aliphatic carbocycles. The summed E-state index contributed by atoms with van der Waals surface area (Å²) in [5, 5.41) is 11.9. The molecule has 86 valence electrons. The smallest absolute Gasteiger partial charge is 0.0701 e. The van der Waals surface area contributed by atoms with Crippen LogP contribution in [-0.4, -0.2) is 31.5 Å². The summed E-state index contributed by atoms with van der Waals surface area (Å²) in [5.74, 6) is 0. The number of nitrogens with one attached hydrogen (secondary N) is 1. The van der Waals surface area contributed by atoms with E-state index in [4.69, 9.17) is 9.84 Å². The molecule has 0 radical (unpaired) electrons. The molecule has 0 aromatic carbocycles. The third-order valence-electron chi connectivity index (χ3n) is 1.95. The van der Waals surface area contributed by atoms with Crippen LogP contribution in [0.5, 0.6) is 0 Å². The summed E-state index contributed by atoms with van der Waals surface area (Å²) in [6.45, 7) is 4.08. The van der Waals surface area contributed by atoms with Crippen LogP contribution in [0.15, 0.2) is 15.9 Å². The Bertz CT molecular complexity index is 280. The summed E-state index contributed by atoms with van der Waals surface area (Å²) in [4.78, 5) is 1.31. The fourth-order valence-electron chi connectivity index (χ4n) is 1.18. The third-order valence-corrected chi connectivity index (χ3v) is 3.76. The summed E-state index contributed by atoms with van der Waals surface area (Å²) >= 11 is 5.18. The SMILES string of the molecule is CC(NCCOCCO)c1ccc(Br)s1. The molecule has 1 heterocycles. The molecule has 0 amide bonds. The number of aliphatic hydroxyl groups excluding tert-OH is 1. The summed E-state index contributed by atoms with van der Waals surface area (Å²) < 4.78 is 6.31. The Morgan fingerprint density at radius 1 is 1.53 bits per heavy atom. The number of hydrogen-bond donors (Lipinski definition) is 2. The van der Waals surface area contributed by atoms with Gasteiger partial charge < -0.3 is 15.2 Å². The van der Waals surface area contributed by atoms with Gasteiger partial charge in [0.05, 0.1) is 23.6 Å². The molecule has 0 spiro atoms. The zero-order valence-corrected chi connectivity index (χ0v) is 11.1. The van der Waals surface area contributed by atoms with Crippen LogP contribution in [0.3, 0.4) is 0 Å². The normalized spacial score (nSPS) is 13.0. The quantitative estimate of drug-likeness (QED) is 0.757. The number of halogens is 1. The lowest BCUT2D eigenvalue weighted by molar-refractivity contribution is 0.0929. The Morgan fingerprint density at radius 2 is 2.33 bits per heavy atom. The van der Waals surface area contributed by atoms with Gasteiger partial charge in [0.25, 0.3) is 0 Å². The van der Waals surface area contributed by atoms with E-state index in [0.29, 0.717) is 19.3 Å². The first-order valence-electron chi connectivity index (χ1n) is 4.91. The molecule has 2 N–H and O–H groups in total. The fraction of sp³-hybridized carbons (Fsp3) is 0.600. The van der Waals surface area contributed by atoms with Crippen molar-refractivity contribution in [2.75, 3.05) is 26.4 Å². The molecule has 1 aromatic rings. The first-order valence-corrected chi connectivity index (χ1v) is 6.52. The molecule has 15 heavy (non-hydrogen) atoms. The van der Waals surface area contributed by atoms with Gasteiger partial charge in [-0.3, -0.25) is 0 Å². The van der Waals surface area contributed by atoms with Crippen molar-refractivity contribution in [3.63, 3.8) is 0 Å². The summed E-state index contributed by atoms with van der Waals surface area (Å²) in [7, 11) is 0. The highest BCUT2D eigenvalue weighted by Gasteiger charge is 2.06. The predicted octanol–water partition coefficient (Wildman–Crippen LogP) is 2.17. The van der Waals surface area contributed by atoms with Gasteiger partial charge in [0.1, 0.15) is 0 Å². The lowest BCUT2D eigenvalue weighted by Gasteiger charge is -2.11. The predicted molar refractivity (Wildman–Crippen MR) is 66.3 cm³/mol. The van der Waals surface area contributed by atoms with Gasteiger partial charge in [-0.1, -0.05) is 0 Å². The van der Waals surface area contributed by atoms with Crippen LogP contribution in [0.2, 0.25) is 0 Å². The van der Waals surface area contributed by atoms with Gasteiger partial charge in [-0.2, -0.15) is 0 Å². The maximum Gasteiger partial charge on any atom is 0.0701 e. The Hall–Kier alpha value is 0.0600. The Balaban J connectivity index is 2.16. The van der Waals surface area contributed by atoms with Crippen LogP contribution in [0.1, 0.15) is 17.8 Å². The van der Waals surface area contributed by atoms with Gasteiger partial charge in [-0.25, -0.2) is 0 Å². The molecule has 0 bridgehead atoms. The third kappa shape index (κ3) is 5.08. The van der Waals surface area contributed by atoms with Crippen LogP contribution in [0.4, 0.5) is 0 Å². The van der Waals surface area contributed by atoms with E-state index in [1.807, 2.05) is 0 Å². The lowest BCUT2D eigenvalue weighted by atomic mass is 10.3. The number of hydrogen-bond acceptors (Lipinski definition) is 4. The van der Waals surface area contributed by atoms with Gasteiger partial charge in [-0.05, 0) is 35.0 Å². The van der Waals surface area contributed by atoms with E-state index in [1.165, 1.54) is 4.88 Å². The second kappa shape index (κ2) is 7.35. The molecule has 0 fully saturated rings. The number of aliphatic hydroxyl groups is 1. The van der Waals surface area contributed by atoms with Crippen molar-refractivity contribution in [3.8, 4) is 0 Å². The number of rotatable bonds is 7. The van der Waals surface area contributed by atoms with Crippen LogP contribution in [-0.2, 0) is 4.74 Å². The highest BCUT2D eigenvalue weighted by Crippen LogP contribution is 2.26. The average Bonchev–Trinajstić information content (AvgIpc) is 2.64. The first-order chi connectivity index (χ1) is 7.24. The summed E-state index contributed by atoms with van der Waals surface area (Å²) in [6, 6.07) is 4.51. The van der Waals surface area contributed by atoms with Crippen molar-refractivity contribution in [2.45, 2.75) is 13.0 Å². The standard InChI is InChI=1S/C10H16BrNO2S/c1-8(9-2-3-10(11)15-9)12-4-6-14-7-5-13/h2-3,8,12-13H,4-7H2,1H3. The van der Waals surface area contributed by atoms with Crippen molar-refractivity contribution in [1.29, 1.82) is 0 Å². The molecule has 1 aromatic heterocycles. The Labute approximate surface area is 103 Å². The maximum absolute atomic E-state index is 8.51. The molecule has 0 saturated heterocycles. The van der Waals surface area contributed by atoms with Crippen LogP contribution >= 0.6 is 27.3 Å². The molecular formula is C10H16BrNO2S. The largest absolute Gasteiger partial charge is 0.394 e. The van der Waals surface area contributed by atoms with Gasteiger partial charge in [-0.15, -0.1) is 11.3 Å². The molecule has 0 aliphatic heterocycles. The van der Waals surface area contributed by atoms with E-state index in [1.54, 1.807) is 11.3 Å². The highest BCUT2D eigenvalue weighted by atomic mass is 79.9. The molecule has 0 saturated carbocycles. The van der Waals surface area contributed by atoms with E-state index < -0.39 is 0 Å². The monoisotopic (exact) mass is 293 g/mol. The van der Waals surface area contributed by atoms with Gasteiger partial charge >= 0.3 is 0 Å². The maximum atomic E-state index is 8.51. The molecule has 0 aliphatic rings. The minimum absolute atomic E-state index is 0.0907. The lowest BCUT2D eigenvalue weighted by Crippen LogP contribution is -2.23. The van der Waals surface area contributed by atoms with Gasteiger partial charge in [0.15, 0.2) is 0 Å². The summed E-state index contributed by atoms with van der Waals surface area (Å²) in [5.41, 5.74) is 0. The molecule has 5 heteroatoms. The summed E-state index contributed by atoms with van der Waals surface area (Å²) in [6.07, 6.45) is 0. The van der Waals surface area contributed by atoms with Crippen molar-refractivity contribution in [1.82, 2.24) is 5.32 Å². The van der Waals surface area contributed by atoms with Crippen LogP contribution in [0, 0.1) is 0 Å². The minimum atomic E-state index is 0.0907. The zero-order valence-electron chi connectivity index (χ0n) is 8.70. The molecule has 1 unspecified atom stereocenters. The van der Waals surface area contributed by atoms with Crippen LogP contribution < -0.4 is 5.32 Å². The Kier molecular flexibility index (Phi) is 6.43. The Morgan fingerprint density at radius 3 is 2.93 bits per heavy atom. The van der Waals surface area contributed by atoms with E-state index >= 15 is 0 Å². The number of ether oxygens (including phenoxy) is 1. The van der Waals surface area contributed by atoms with Crippen molar-refractivity contribution in [2.24, 2.45) is 0 Å². The van der Waals surface area contributed by atoms with E-state index in [-0.39, 0.29) is 6.61 Å². The van der Waals surface area contributed by atoms with Crippen LogP contribution in [0.25, 0.3) is 0 Å².